The van der Waals surface area contributed by atoms with Crippen LogP contribution in [-0.4, -0.2) is 48.2 Å². The van der Waals surface area contributed by atoms with E-state index in [1.807, 2.05) is 30.3 Å². The molecule has 3 aromatic heterocycles. The first-order valence-corrected chi connectivity index (χ1v) is 11.3. The topological polar surface area (TPSA) is 68.8 Å². The van der Waals surface area contributed by atoms with E-state index in [-0.39, 0.29) is 0 Å². The van der Waals surface area contributed by atoms with Crippen molar-refractivity contribution >= 4 is 16.9 Å². The lowest BCUT2D eigenvalue weighted by molar-refractivity contribution is -0.131. The molecule has 1 aliphatic carbocycles. The molecular formula is C25H26N6O. The number of carbonyl (C=O) groups is 1. The van der Waals surface area contributed by atoms with Crippen molar-refractivity contribution in [2.24, 2.45) is 18.9 Å². The van der Waals surface area contributed by atoms with E-state index in [0.29, 0.717) is 17.7 Å². The Bertz CT molecular complexity index is 1280. The van der Waals surface area contributed by atoms with E-state index < -0.39 is 0 Å². The maximum absolute atomic E-state index is 12.4. The highest BCUT2D eigenvalue weighted by atomic mass is 16.2. The summed E-state index contributed by atoms with van der Waals surface area (Å²) in [7, 11) is 2.01. The van der Waals surface area contributed by atoms with Gasteiger partial charge in [0.1, 0.15) is 12.0 Å². The van der Waals surface area contributed by atoms with Gasteiger partial charge in [-0.3, -0.25) is 4.79 Å². The Hall–Kier alpha value is -3.48. The molecule has 0 radical (unpaired) electrons. The number of aromatic nitrogens is 5. The Kier molecular flexibility index (Phi) is 4.56. The van der Waals surface area contributed by atoms with E-state index in [1.165, 1.54) is 0 Å². The number of aryl methyl sites for hydroxylation is 1. The summed E-state index contributed by atoms with van der Waals surface area (Å²) in [6.07, 6.45) is 8.95. The molecule has 4 heterocycles. The number of carbonyl (C=O) groups excluding carboxylic acids is 1. The number of likely N-dealkylation sites (tertiary alicyclic amines) is 1. The molecule has 6 rings (SSSR count). The fraction of sp³-hybridized carbons (Fsp3) is 0.360. The normalized spacial score (nSPS) is 18.5. The Morgan fingerprint density at radius 3 is 2.69 bits per heavy atom. The van der Waals surface area contributed by atoms with Crippen LogP contribution in [0, 0.1) is 11.8 Å². The number of amides is 1. The summed E-state index contributed by atoms with van der Waals surface area (Å²) in [4.78, 5) is 19.0. The van der Waals surface area contributed by atoms with E-state index in [2.05, 4.69) is 61.0 Å². The molecule has 1 saturated heterocycles. The average Bonchev–Trinajstić information content (AvgIpc) is 3.21. The molecule has 0 unspecified atom stereocenters. The van der Waals surface area contributed by atoms with Crippen LogP contribution in [-0.2, 0) is 18.4 Å². The average molecular weight is 427 g/mol. The van der Waals surface area contributed by atoms with Crippen LogP contribution in [0.5, 0.6) is 0 Å². The van der Waals surface area contributed by atoms with Crippen molar-refractivity contribution in [1.82, 2.24) is 29.2 Å². The van der Waals surface area contributed by atoms with Crippen molar-refractivity contribution < 1.29 is 4.79 Å². The first kappa shape index (κ1) is 19.2. The van der Waals surface area contributed by atoms with Crippen LogP contribution < -0.4 is 0 Å². The summed E-state index contributed by atoms with van der Waals surface area (Å²) in [5.41, 5.74) is 4.26. The van der Waals surface area contributed by atoms with Gasteiger partial charge >= 0.3 is 0 Å². The Labute approximate surface area is 186 Å². The second kappa shape index (κ2) is 7.58. The zero-order valence-electron chi connectivity index (χ0n) is 18.2. The molecule has 1 aliphatic heterocycles. The minimum atomic E-state index is 0.301. The van der Waals surface area contributed by atoms with Crippen molar-refractivity contribution in [3.05, 3.63) is 55.1 Å². The molecule has 0 spiro atoms. The van der Waals surface area contributed by atoms with Gasteiger partial charge in [-0.15, -0.1) is 10.2 Å². The molecule has 32 heavy (non-hydrogen) atoms. The predicted octanol–water partition coefficient (Wildman–Crippen LogP) is 3.76. The molecule has 1 saturated carbocycles. The first-order chi connectivity index (χ1) is 15.7. The van der Waals surface area contributed by atoms with Gasteiger partial charge in [-0.25, -0.2) is 4.98 Å². The van der Waals surface area contributed by atoms with E-state index in [4.69, 9.17) is 0 Å². The van der Waals surface area contributed by atoms with E-state index in [0.717, 1.165) is 72.4 Å². The molecular weight excluding hydrogens is 400 g/mol. The number of rotatable bonds is 5. The predicted molar refractivity (Wildman–Crippen MR) is 123 cm³/mol. The minimum Gasteiger partial charge on any atom is -0.342 e. The second-order valence-corrected chi connectivity index (χ2v) is 9.16. The van der Waals surface area contributed by atoms with Crippen molar-refractivity contribution in [3.63, 3.8) is 0 Å². The van der Waals surface area contributed by atoms with Crippen LogP contribution in [0.1, 0.15) is 19.3 Å². The number of fused-ring (bicyclic) bond motifs is 1. The number of benzene rings is 1. The van der Waals surface area contributed by atoms with Gasteiger partial charge in [0.15, 0.2) is 5.82 Å². The highest BCUT2D eigenvalue weighted by Gasteiger charge is 2.36. The Morgan fingerprint density at radius 2 is 1.88 bits per heavy atom. The number of pyridine rings is 1. The molecule has 0 bridgehead atoms. The number of nitrogens with zero attached hydrogens (tertiary/aromatic N) is 6. The van der Waals surface area contributed by atoms with Crippen molar-refractivity contribution in [3.8, 4) is 22.5 Å². The Morgan fingerprint density at radius 1 is 1.06 bits per heavy atom. The smallest absolute Gasteiger partial charge is 0.225 e. The van der Waals surface area contributed by atoms with Gasteiger partial charge in [0.05, 0.1) is 0 Å². The summed E-state index contributed by atoms with van der Waals surface area (Å²) >= 11 is 0. The third kappa shape index (κ3) is 3.47. The lowest BCUT2D eigenvalue weighted by atomic mass is 10.0. The summed E-state index contributed by atoms with van der Waals surface area (Å²) in [5, 5.41) is 9.69. The van der Waals surface area contributed by atoms with Crippen molar-refractivity contribution in [1.29, 1.82) is 0 Å². The monoisotopic (exact) mass is 426 g/mol. The number of hydrogen-bond donors (Lipinski definition) is 0. The fourth-order valence-electron chi connectivity index (χ4n) is 4.78. The van der Waals surface area contributed by atoms with Crippen molar-refractivity contribution in [2.45, 2.75) is 25.8 Å². The van der Waals surface area contributed by atoms with Gasteiger partial charge in [0.2, 0.25) is 5.91 Å². The Balaban J connectivity index is 1.18. The molecule has 4 aromatic rings. The molecule has 162 valence electrons. The zero-order valence-corrected chi connectivity index (χ0v) is 18.2. The van der Waals surface area contributed by atoms with Crippen LogP contribution in [0.15, 0.2) is 55.1 Å². The van der Waals surface area contributed by atoms with Gasteiger partial charge < -0.3 is 14.0 Å². The van der Waals surface area contributed by atoms with Crippen LogP contribution in [0.25, 0.3) is 33.5 Å². The lowest BCUT2D eigenvalue weighted by Crippen LogP contribution is -2.30. The quantitative estimate of drug-likeness (QED) is 0.487. The number of hydrogen-bond acceptors (Lipinski definition) is 4. The second-order valence-electron chi connectivity index (χ2n) is 9.16. The fourth-order valence-corrected chi connectivity index (χ4v) is 4.78. The summed E-state index contributed by atoms with van der Waals surface area (Å²) in [5.74, 6) is 1.99. The molecule has 2 fully saturated rings. The van der Waals surface area contributed by atoms with Gasteiger partial charge in [0, 0.05) is 61.5 Å². The minimum absolute atomic E-state index is 0.301. The first-order valence-electron chi connectivity index (χ1n) is 11.3. The summed E-state index contributed by atoms with van der Waals surface area (Å²) in [6.45, 7) is 2.57. The third-order valence-corrected chi connectivity index (χ3v) is 6.78. The highest BCUT2D eigenvalue weighted by Crippen LogP contribution is 2.33. The largest absolute Gasteiger partial charge is 0.342 e. The summed E-state index contributed by atoms with van der Waals surface area (Å²) in [6, 6.07) is 12.7. The molecule has 1 atom stereocenters. The molecule has 1 aromatic carbocycles. The SMILES string of the molecule is Cn1ccc2cc(-c3ccc(-c4nncn4C[C@@H]4CCN(C(=O)C5CC5)C4)cc3)cnc21. The van der Waals surface area contributed by atoms with Gasteiger partial charge in [0.25, 0.3) is 0 Å². The third-order valence-electron chi connectivity index (χ3n) is 6.78. The van der Waals surface area contributed by atoms with E-state index >= 15 is 0 Å². The molecule has 1 amide bonds. The van der Waals surface area contributed by atoms with Gasteiger partial charge in [-0.05, 0) is 42.9 Å². The van der Waals surface area contributed by atoms with Gasteiger partial charge in [-0.1, -0.05) is 24.3 Å². The standard InChI is InChI=1S/C25H26N6O/c1-29-10-9-21-12-22(13-26-23(21)29)18-2-4-19(5-3-18)24-28-27-16-31(24)15-17-8-11-30(14-17)25(32)20-6-7-20/h2-5,9-10,12-13,16-17,20H,6-8,11,14-15H2,1H3/t17-/m1/s1. The molecule has 7 nitrogen and oxygen atoms in total. The van der Waals surface area contributed by atoms with E-state index in [9.17, 15) is 4.79 Å². The van der Waals surface area contributed by atoms with Crippen LogP contribution in [0.3, 0.4) is 0 Å². The highest BCUT2D eigenvalue weighted by molar-refractivity contribution is 5.82. The molecule has 7 heteroatoms. The maximum Gasteiger partial charge on any atom is 0.225 e. The molecule has 0 N–H and O–H groups in total. The van der Waals surface area contributed by atoms with Crippen LogP contribution >= 0.6 is 0 Å². The lowest BCUT2D eigenvalue weighted by Gasteiger charge is -2.17. The van der Waals surface area contributed by atoms with E-state index in [1.54, 1.807) is 0 Å². The van der Waals surface area contributed by atoms with Crippen molar-refractivity contribution in [2.75, 3.05) is 13.1 Å². The summed E-state index contributed by atoms with van der Waals surface area (Å²) < 4.78 is 4.16. The van der Waals surface area contributed by atoms with Crippen LogP contribution in [0.2, 0.25) is 0 Å². The maximum atomic E-state index is 12.4. The van der Waals surface area contributed by atoms with Crippen LogP contribution in [0.4, 0.5) is 0 Å². The molecule has 2 aliphatic rings. The zero-order chi connectivity index (χ0) is 21.7. The van der Waals surface area contributed by atoms with Gasteiger partial charge in [-0.2, -0.15) is 0 Å².